The highest BCUT2D eigenvalue weighted by atomic mass is 16.4. The molecule has 13 heavy (non-hydrogen) atoms. The van der Waals surface area contributed by atoms with E-state index in [1.165, 1.54) is 0 Å². The molecule has 0 bridgehead atoms. The molecule has 0 aromatic carbocycles. The van der Waals surface area contributed by atoms with Crippen LogP contribution < -0.4 is 0 Å². The standard InChI is InChI=1S/C10H18O3/c1-2-3-6-10(9(12)13)7-4-5-8(10)11/h8,11H,2-7H2,1H3,(H,12,13). The normalized spacial score (nSPS) is 33.5. The molecule has 0 aromatic heterocycles. The van der Waals surface area contributed by atoms with Crippen LogP contribution in [0.25, 0.3) is 0 Å². The number of aliphatic hydroxyl groups is 1. The average Bonchev–Trinajstić information content (AvgIpc) is 2.45. The molecule has 1 saturated carbocycles. The van der Waals surface area contributed by atoms with E-state index >= 15 is 0 Å². The second-order valence-electron chi connectivity index (χ2n) is 3.97. The van der Waals surface area contributed by atoms with Crippen LogP contribution in [0, 0.1) is 5.41 Å². The third kappa shape index (κ3) is 1.85. The van der Waals surface area contributed by atoms with Crippen molar-refractivity contribution in [1.29, 1.82) is 0 Å². The first-order chi connectivity index (χ1) is 6.13. The number of aliphatic carboxylic acids is 1. The van der Waals surface area contributed by atoms with Gasteiger partial charge in [-0.15, -0.1) is 0 Å². The Morgan fingerprint density at radius 3 is 2.69 bits per heavy atom. The summed E-state index contributed by atoms with van der Waals surface area (Å²) in [5, 5.41) is 18.8. The van der Waals surface area contributed by atoms with Crippen LogP contribution in [0.4, 0.5) is 0 Å². The van der Waals surface area contributed by atoms with Crippen molar-refractivity contribution >= 4 is 5.97 Å². The number of carboxylic acids is 1. The molecule has 1 aliphatic rings. The Hall–Kier alpha value is -0.570. The van der Waals surface area contributed by atoms with Crippen molar-refractivity contribution in [2.75, 3.05) is 0 Å². The van der Waals surface area contributed by atoms with Crippen molar-refractivity contribution in [3.05, 3.63) is 0 Å². The molecule has 0 spiro atoms. The maximum Gasteiger partial charge on any atom is 0.312 e. The minimum atomic E-state index is -0.823. The van der Waals surface area contributed by atoms with Crippen LogP contribution in [0.3, 0.4) is 0 Å². The van der Waals surface area contributed by atoms with Gasteiger partial charge in [0, 0.05) is 0 Å². The molecule has 0 aliphatic heterocycles. The molecule has 2 N–H and O–H groups in total. The van der Waals surface area contributed by atoms with Gasteiger partial charge in [0.2, 0.25) is 0 Å². The number of aliphatic hydroxyl groups excluding tert-OH is 1. The summed E-state index contributed by atoms with van der Waals surface area (Å²) in [6.45, 7) is 2.04. The molecule has 3 nitrogen and oxygen atoms in total. The molecule has 1 aliphatic carbocycles. The Kier molecular flexibility index (Phi) is 3.31. The fourth-order valence-corrected chi connectivity index (χ4v) is 2.19. The first kappa shape index (κ1) is 10.5. The van der Waals surface area contributed by atoms with Gasteiger partial charge in [0.05, 0.1) is 11.5 Å². The Labute approximate surface area is 78.8 Å². The molecule has 0 radical (unpaired) electrons. The van der Waals surface area contributed by atoms with Crippen LogP contribution in [0.15, 0.2) is 0 Å². The quantitative estimate of drug-likeness (QED) is 0.703. The summed E-state index contributed by atoms with van der Waals surface area (Å²) in [6, 6.07) is 0. The summed E-state index contributed by atoms with van der Waals surface area (Å²) in [5.74, 6) is -0.814. The van der Waals surface area contributed by atoms with Gasteiger partial charge in [-0.25, -0.2) is 0 Å². The van der Waals surface area contributed by atoms with Gasteiger partial charge in [0.25, 0.3) is 0 Å². The van der Waals surface area contributed by atoms with E-state index in [0.29, 0.717) is 19.3 Å². The summed E-state index contributed by atoms with van der Waals surface area (Å²) in [6.07, 6.45) is 4.01. The molecule has 3 heteroatoms. The van der Waals surface area contributed by atoms with Crippen molar-refractivity contribution in [1.82, 2.24) is 0 Å². The highest BCUT2D eigenvalue weighted by molar-refractivity contribution is 5.75. The predicted molar refractivity (Wildman–Crippen MR) is 49.5 cm³/mol. The number of rotatable bonds is 4. The maximum atomic E-state index is 11.1. The minimum Gasteiger partial charge on any atom is -0.481 e. The van der Waals surface area contributed by atoms with E-state index in [-0.39, 0.29) is 0 Å². The zero-order valence-corrected chi connectivity index (χ0v) is 8.12. The predicted octanol–water partition coefficient (Wildman–Crippen LogP) is 1.79. The van der Waals surface area contributed by atoms with Gasteiger partial charge < -0.3 is 10.2 Å². The lowest BCUT2D eigenvalue weighted by atomic mass is 9.79. The zero-order chi connectivity index (χ0) is 9.90. The SMILES string of the molecule is CCCCC1(C(=O)O)CCCC1O. The lowest BCUT2D eigenvalue weighted by Crippen LogP contribution is -2.38. The number of carbonyl (C=O) groups is 1. The number of carboxylic acid groups (broad SMARTS) is 1. The Bertz CT molecular complexity index is 191. The fraction of sp³-hybridized carbons (Fsp3) is 0.900. The van der Waals surface area contributed by atoms with Gasteiger partial charge in [-0.2, -0.15) is 0 Å². The Balaban J connectivity index is 2.68. The Morgan fingerprint density at radius 2 is 2.31 bits per heavy atom. The molecule has 0 saturated heterocycles. The smallest absolute Gasteiger partial charge is 0.312 e. The van der Waals surface area contributed by atoms with Crippen LogP contribution in [0.1, 0.15) is 45.4 Å². The van der Waals surface area contributed by atoms with E-state index in [9.17, 15) is 9.90 Å². The van der Waals surface area contributed by atoms with Gasteiger partial charge in [0.1, 0.15) is 0 Å². The van der Waals surface area contributed by atoms with E-state index in [1.54, 1.807) is 0 Å². The molecule has 0 heterocycles. The van der Waals surface area contributed by atoms with Crippen molar-refractivity contribution in [2.24, 2.45) is 5.41 Å². The topological polar surface area (TPSA) is 57.5 Å². The van der Waals surface area contributed by atoms with Gasteiger partial charge in [0.15, 0.2) is 0 Å². The van der Waals surface area contributed by atoms with Gasteiger partial charge in [-0.1, -0.05) is 19.8 Å². The van der Waals surface area contributed by atoms with E-state index in [4.69, 9.17) is 5.11 Å². The van der Waals surface area contributed by atoms with E-state index in [1.807, 2.05) is 6.92 Å². The lowest BCUT2D eigenvalue weighted by Gasteiger charge is -2.27. The monoisotopic (exact) mass is 186 g/mol. The first-order valence-electron chi connectivity index (χ1n) is 5.05. The van der Waals surface area contributed by atoms with E-state index in [2.05, 4.69) is 0 Å². The molecular formula is C10H18O3. The average molecular weight is 186 g/mol. The van der Waals surface area contributed by atoms with Crippen LogP contribution in [0.5, 0.6) is 0 Å². The van der Waals surface area contributed by atoms with Crippen molar-refractivity contribution in [3.63, 3.8) is 0 Å². The summed E-state index contributed by atoms with van der Waals surface area (Å²) in [5.41, 5.74) is -0.823. The van der Waals surface area contributed by atoms with Crippen molar-refractivity contribution in [2.45, 2.75) is 51.6 Å². The largest absolute Gasteiger partial charge is 0.481 e. The Morgan fingerprint density at radius 1 is 1.62 bits per heavy atom. The van der Waals surface area contributed by atoms with Crippen LogP contribution in [-0.2, 0) is 4.79 Å². The molecule has 1 fully saturated rings. The molecule has 76 valence electrons. The second kappa shape index (κ2) is 4.09. The minimum absolute atomic E-state index is 0.625. The number of hydrogen-bond acceptors (Lipinski definition) is 2. The summed E-state index contributed by atoms with van der Waals surface area (Å²) < 4.78 is 0. The second-order valence-corrected chi connectivity index (χ2v) is 3.97. The number of hydrogen-bond donors (Lipinski definition) is 2. The van der Waals surface area contributed by atoms with Gasteiger partial charge in [-0.05, 0) is 25.7 Å². The third-order valence-corrected chi connectivity index (χ3v) is 3.14. The molecular weight excluding hydrogens is 168 g/mol. The number of unbranched alkanes of at least 4 members (excludes halogenated alkanes) is 1. The third-order valence-electron chi connectivity index (χ3n) is 3.14. The molecule has 2 unspecified atom stereocenters. The fourth-order valence-electron chi connectivity index (χ4n) is 2.19. The van der Waals surface area contributed by atoms with Crippen LogP contribution in [-0.4, -0.2) is 22.3 Å². The highest BCUT2D eigenvalue weighted by Crippen LogP contribution is 2.42. The van der Waals surface area contributed by atoms with E-state index < -0.39 is 17.5 Å². The van der Waals surface area contributed by atoms with Crippen molar-refractivity contribution in [3.8, 4) is 0 Å². The summed E-state index contributed by atoms with van der Waals surface area (Å²) >= 11 is 0. The molecule has 2 atom stereocenters. The van der Waals surface area contributed by atoms with E-state index in [0.717, 1.165) is 19.3 Å². The summed E-state index contributed by atoms with van der Waals surface area (Å²) in [4.78, 5) is 11.1. The summed E-state index contributed by atoms with van der Waals surface area (Å²) in [7, 11) is 0. The highest BCUT2D eigenvalue weighted by Gasteiger charge is 2.47. The zero-order valence-electron chi connectivity index (χ0n) is 8.12. The van der Waals surface area contributed by atoms with Crippen LogP contribution >= 0.6 is 0 Å². The first-order valence-corrected chi connectivity index (χ1v) is 5.05. The lowest BCUT2D eigenvalue weighted by molar-refractivity contribution is -0.155. The molecule has 1 rings (SSSR count). The van der Waals surface area contributed by atoms with Crippen molar-refractivity contribution < 1.29 is 15.0 Å². The van der Waals surface area contributed by atoms with Crippen LogP contribution in [0.2, 0.25) is 0 Å². The van der Waals surface area contributed by atoms with Gasteiger partial charge >= 0.3 is 5.97 Å². The molecule has 0 aromatic rings. The molecule has 0 amide bonds. The van der Waals surface area contributed by atoms with Gasteiger partial charge in [-0.3, -0.25) is 4.79 Å². The maximum absolute atomic E-state index is 11.1.